The van der Waals surface area contributed by atoms with Gasteiger partial charge in [-0.05, 0) is 18.2 Å². The molecule has 6 heteroatoms. The summed E-state index contributed by atoms with van der Waals surface area (Å²) in [5.74, 6) is 0.488. The van der Waals surface area contributed by atoms with Gasteiger partial charge in [-0.3, -0.25) is 10.1 Å². The minimum absolute atomic E-state index is 0.312. The fourth-order valence-electron chi connectivity index (χ4n) is 1.36. The first kappa shape index (κ1) is 11.5. The molecule has 0 spiro atoms. The largest absolute Gasteiger partial charge is 0.496 e. The fourth-order valence-corrected chi connectivity index (χ4v) is 1.52. The monoisotopic (exact) mass is 251 g/mol. The summed E-state index contributed by atoms with van der Waals surface area (Å²) in [7, 11) is 1.48. The maximum atomic E-state index is 11.9. The molecule has 0 fully saturated rings. The van der Waals surface area contributed by atoms with Crippen LogP contribution in [0.5, 0.6) is 5.75 Å². The van der Waals surface area contributed by atoms with E-state index in [0.29, 0.717) is 22.3 Å². The van der Waals surface area contributed by atoms with Crippen molar-refractivity contribution in [1.29, 1.82) is 0 Å². The van der Waals surface area contributed by atoms with Crippen LogP contribution in [0.25, 0.3) is 0 Å². The van der Waals surface area contributed by atoms with Crippen LogP contribution in [0.1, 0.15) is 10.4 Å². The van der Waals surface area contributed by atoms with Crippen LogP contribution in [0.4, 0.5) is 5.95 Å². The quantitative estimate of drug-likeness (QED) is 0.880. The number of benzene rings is 1. The number of aromatic nitrogens is 2. The van der Waals surface area contributed by atoms with Gasteiger partial charge in [-0.15, -0.1) is 0 Å². The highest BCUT2D eigenvalue weighted by Gasteiger charge is 2.13. The van der Waals surface area contributed by atoms with Crippen LogP contribution in [0.15, 0.2) is 30.6 Å². The van der Waals surface area contributed by atoms with Gasteiger partial charge >= 0.3 is 0 Å². The number of nitrogens with zero attached hydrogens (tertiary/aromatic N) is 1. The molecule has 0 bridgehead atoms. The third-order valence-corrected chi connectivity index (χ3v) is 2.37. The Morgan fingerprint density at radius 2 is 2.35 bits per heavy atom. The maximum Gasteiger partial charge on any atom is 0.261 e. The van der Waals surface area contributed by atoms with Crippen LogP contribution in [-0.4, -0.2) is 23.0 Å². The molecular weight excluding hydrogens is 242 g/mol. The molecule has 1 amide bonds. The molecule has 0 saturated carbocycles. The molecule has 1 heterocycles. The van der Waals surface area contributed by atoms with E-state index in [1.807, 2.05) is 0 Å². The summed E-state index contributed by atoms with van der Waals surface area (Å²) in [5.41, 5.74) is 0.397. The zero-order chi connectivity index (χ0) is 12.3. The highest BCUT2D eigenvalue weighted by atomic mass is 35.5. The summed E-state index contributed by atoms with van der Waals surface area (Å²) >= 11 is 5.81. The average molecular weight is 252 g/mol. The Morgan fingerprint density at radius 1 is 1.53 bits per heavy atom. The van der Waals surface area contributed by atoms with E-state index in [9.17, 15) is 4.79 Å². The molecule has 88 valence electrons. The summed E-state index contributed by atoms with van der Waals surface area (Å²) < 4.78 is 5.09. The second kappa shape index (κ2) is 4.88. The summed E-state index contributed by atoms with van der Waals surface area (Å²) in [6.07, 6.45) is 3.17. The van der Waals surface area contributed by atoms with Crippen molar-refractivity contribution in [2.24, 2.45) is 0 Å². The van der Waals surface area contributed by atoms with Crippen molar-refractivity contribution in [1.82, 2.24) is 9.97 Å². The number of methoxy groups -OCH3 is 1. The summed E-state index contributed by atoms with van der Waals surface area (Å²) in [5, 5.41) is 3.11. The van der Waals surface area contributed by atoms with Gasteiger partial charge < -0.3 is 9.72 Å². The van der Waals surface area contributed by atoms with Gasteiger partial charge in [-0.25, -0.2) is 4.98 Å². The number of H-pyrrole nitrogens is 1. The Kier molecular flexibility index (Phi) is 3.30. The third-order valence-electron chi connectivity index (χ3n) is 2.14. The average Bonchev–Trinajstić information content (AvgIpc) is 2.81. The van der Waals surface area contributed by atoms with Gasteiger partial charge in [0.25, 0.3) is 5.91 Å². The smallest absolute Gasteiger partial charge is 0.261 e. The van der Waals surface area contributed by atoms with Crippen molar-refractivity contribution in [3.8, 4) is 5.75 Å². The van der Waals surface area contributed by atoms with E-state index in [1.165, 1.54) is 7.11 Å². The van der Waals surface area contributed by atoms with Crippen LogP contribution in [0.2, 0.25) is 5.02 Å². The van der Waals surface area contributed by atoms with Crippen molar-refractivity contribution < 1.29 is 9.53 Å². The van der Waals surface area contributed by atoms with E-state index in [2.05, 4.69) is 15.3 Å². The highest BCUT2D eigenvalue weighted by molar-refractivity contribution is 6.31. The molecular formula is C11H10ClN3O2. The van der Waals surface area contributed by atoms with Gasteiger partial charge in [0.1, 0.15) is 5.75 Å². The molecule has 2 rings (SSSR count). The molecule has 17 heavy (non-hydrogen) atoms. The second-order valence-electron chi connectivity index (χ2n) is 3.24. The van der Waals surface area contributed by atoms with Crippen LogP contribution >= 0.6 is 11.6 Å². The normalized spacial score (nSPS) is 10.0. The van der Waals surface area contributed by atoms with Crippen molar-refractivity contribution in [2.75, 3.05) is 12.4 Å². The number of hydrogen-bond donors (Lipinski definition) is 2. The Balaban J connectivity index is 2.24. The van der Waals surface area contributed by atoms with Gasteiger partial charge in [0.15, 0.2) is 0 Å². The van der Waals surface area contributed by atoms with Crippen LogP contribution in [0.3, 0.4) is 0 Å². The van der Waals surface area contributed by atoms with Gasteiger partial charge in [0.2, 0.25) is 5.95 Å². The standard InChI is InChI=1S/C11H10ClN3O2/c1-17-9-6-7(12)2-3-8(9)10(16)15-11-13-4-5-14-11/h2-6H,1H3,(H2,13,14,15,16). The number of imidazole rings is 1. The number of amides is 1. The zero-order valence-electron chi connectivity index (χ0n) is 9.03. The van der Waals surface area contributed by atoms with E-state index >= 15 is 0 Å². The van der Waals surface area contributed by atoms with Crippen LogP contribution < -0.4 is 10.1 Å². The first-order valence-corrected chi connectivity index (χ1v) is 5.23. The Hall–Kier alpha value is -2.01. The third kappa shape index (κ3) is 2.57. The van der Waals surface area contributed by atoms with Crippen molar-refractivity contribution in [3.63, 3.8) is 0 Å². The SMILES string of the molecule is COc1cc(Cl)ccc1C(=O)Nc1ncc[nH]1. The van der Waals surface area contributed by atoms with Gasteiger partial charge in [0.05, 0.1) is 12.7 Å². The summed E-state index contributed by atoms with van der Waals surface area (Å²) in [6.45, 7) is 0. The molecule has 1 aromatic carbocycles. The number of hydrogen-bond acceptors (Lipinski definition) is 3. The number of aromatic amines is 1. The van der Waals surface area contributed by atoms with E-state index in [-0.39, 0.29) is 5.91 Å². The molecule has 2 N–H and O–H groups in total. The number of halogens is 1. The lowest BCUT2D eigenvalue weighted by Gasteiger charge is -2.08. The first-order valence-electron chi connectivity index (χ1n) is 4.85. The molecule has 1 aromatic heterocycles. The number of anilines is 1. The predicted octanol–water partition coefficient (Wildman–Crippen LogP) is 2.32. The molecule has 5 nitrogen and oxygen atoms in total. The number of nitrogens with one attached hydrogen (secondary N) is 2. The number of ether oxygens (including phenoxy) is 1. The topological polar surface area (TPSA) is 67.0 Å². The van der Waals surface area contributed by atoms with E-state index in [0.717, 1.165) is 0 Å². The zero-order valence-corrected chi connectivity index (χ0v) is 9.78. The van der Waals surface area contributed by atoms with E-state index < -0.39 is 0 Å². The van der Waals surface area contributed by atoms with Crippen LogP contribution in [0, 0.1) is 0 Å². The number of rotatable bonds is 3. The predicted molar refractivity (Wildman–Crippen MR) is 64.5 cm³/mol. The second-order valence-corrected chi connectivity index (χ2v) is 3.67. The lowest BCUT2D eigenvalue weighted by atomic mass is 10.2. The Morgan fingerprint density at radius 3 is 3.00 bits per heavy atom. The molecule has 0 aliphatic rings. The summed E-state index contributed by atoms with van der Waals surface area (Å²) in [4.78, 5) is 18.6. The van der Waals surface area contributed by atoms with Crippen LogP contribution in [-0.2, 0) is 0 Å². The van der Waals surface area contributed by atoms with Gasteiger partial charge in [0, 0.05) is 17.4 Å². The Labute approximate surface area is 103 Å². The molecule has 0 aliphatic heterocycles. The van der Waals surface area contributed by atoms with Gasteiger partial charge in [-0.1, -0.05) is 11.6 Å². The minimum atomic E-state index is -0.312. The first-order chi connectivity index (χ1) is 8.20. The van der Waals surface area contributed by atoms with Gasteiger partial charge in [-0.2, -0.15) is 0 Å². The number of carbonyl (C=O) groups is 1. The van der Waals surface area contributed by atoms with Crippen molar-refractivity contribution in [3.05, 3.63) is 41.2 Å². The molecule has 0 radical (unpaired) electrons. The van der Waals surface area contributed by atoms with Crippen molar-refractivity contribution >= 4 is 23.5 Å². The molecule has 0 saturated heterocycles. The minimum Gasteiger partial charge on any atom is -0.496 e. The summed E-state index contributed by atoms with van der Waals surface area (Å²) in [6, 6.07) is 4.80. The molecule has 0 unspecified atom stereocenters. The van der Waals surface area contributed by atoms with E-state index in [4.69, 9.17) is 16.3 Å². The highest BCUT2D eigenvalue weighted by Crippen LogP contribution is 2.23. The Bertz CT molecular complexity index is 526. The molecule has 0 atom stereocenters. The fraction of sp³-hybridized carbons (Fsp3) is 0.0909. The molecule has 2 aromatic rings. The lowest BCUT2D eigenvalue weighted by Crippen LogP contribution is -2.14. The van der Waals surface area contributed by atoms with Crippen molar-refractivity contribution in [2.45, 2.75) is 0 Å². The maximum absolute atomic E-state index is 11.9. The number of carbonyl (C=O) groups excluding carboxylic acids is 1. The molecule has 0 aliphatic carbocycles. The van der Waals surface area contributed by atoms with E-state index in [1.54, 1.807) is 30.6 Å². The lowest BCUT2D eigenvalue weighted by molar-refractivity contribution is 0.102.